The average Bonchev–Trinajstić information content (AvgIpc) is 3.64. The molecule has 2 aliphatic carbocycles. The van der Waals surface area contributed by atoms with Crippen molar-refractivity contribution in [2.24, 2.45) is 17.8 Å². The van der Waals surface area contributed by atoms with Crippen molar-refractivity contribution in [2.75, 3.05) is 21.3 Å². The van der Waals surface area contributed by atoms with Crippen LogP contribution >= 0.6 is 0 Å². The number of H-pyrrole nitrogens is 2. The number of carbonyl (C=O) groups is 4. The molecule has 60 heavy (non-hydrogen) atoms. The number of benzene rings is 3. The number of alkyl carbamates (subject to hydrolysis) is 2. The maximum Gasteiger partial charge on any atom is 0.407 e. The lowest BCUT2D eigenvalue weighted by atomic mass is 9.97. The second-order valence-electron chi connectivity index (χ2n) is 17.0. The van der Waals surface area contributed by atoms with E-state index in [-0.39, 0.29) is 41.8 Å². The van der Waals surface area contributed by atoms with Crippen LogP contribution in [-0.4, -0.2) is 89.4 Å². The fourth-order valence-corrected chi connectivity index (χ4v) is 9.25. The van der Waals surface area contributed by atoms with Gasteiger partial charge in [0.2, 0.25) is 11.8 Å². The molecule has 2 aromatic heterocycles. The van der Waals surface area contributed by atoms with Gasteiger partial charge < -0.3 is 45.0 Å². The molecule has 14 nitrogen and oxygen atoms in total. The molecule has 2 saturated carbocycles. The zero-order valence-corrected chi connectivity index (χ0v) is 35.0. The Morgan fingerprint density at radius 1 is 0.783 bits per heavy atom. The SMILES string of the molecule is COC(=O)N[C@H](C(=O)N[C@@H](CC1CC1)c1cc2ccc3cc(-c4ccc(-c5cnc([C@@H]6[C@H]7CC[C@H](C7)N6C(=O)[C@@H](NC(=O)OC)[C@@H](C)OC)[nH]5)cc4)ccc3c2[nH]1)C(C)C. The number of hydrogen-bond acceptors (Lipinski definition) is 8. The monoisotopic (exact) mass is 817 g/mol. The van der Waals surface area contributed by atoms with Gasteiger partial charge in [-0.25, -0.2) is 14.6 Å². The number of aromatic nitrogens is 3. The Balaban J connectivity index is 0.998. The van der Waals surface area contributed by atoms with Crippen LogP contribution in [0.1, 0.15) is 82.9 Å². The van der Waals surface area contributed by atoms with E-state index >= 15 is 0 Å². The first kappa shape index (κ1) is 40.9. The minimum absolute atomic E-state index is 0.0706. The lowest BCUT2D eigenvalue weighted by Gasteiger charge is -2.37. The van der Waals surface area contributed by atoms with Crippen molar-refractivity contribution < 1.29 is 33.4 Å². The number of amides is 4. The fourth-order valence-electron chi connectivity index (χ4n) is 9.25. The predicted molar refractivity (Wildman–Crippen MR) is 228 cm³/mol. The molecule has 8 rings (SSSR count). The summed E-state index contributed by atoms with van der Waals surface area (Å²) in [5, 5.41) is 11.9. The molecule has 3 heterocycles. The van der Waals surface area contributed by atoms with Gasteiger partial charge in [0.05, 0.1) is 49.8 Å². The van der Waals surface area contributed by atoms with E-state index in [0.717, 1.165) is 94.1 Å². The van der Waals surface area contributed by atoms with Gasteiger partial charge in [-0.15, -0.1) is 0 Å². The van der Waals surface area contributed by atoms with Crippen molar-refractivity contribution in [3.63, 3.8) is 0 Å². The van der Waals surface area contributed by atoms with Crippen molar-refractivity contribution in [3.8, 4) is 22.4 Å². The summed E-state index contributed by atoms with van der Waals surface area (Å²) in [7, 11) is 4.09. The van der Waals surface area contributed by atoms with E-state index in [1.807, 2.05) is 24.9 Å². The molecule has 4 amide bonds. The van der Waals surface area contributed by atoms with Crippen molar-refractivity contribution in [1.29, 1.82) is 0 Å². The smallest absolute Gasteiger partial charge is 0.407 e. The van der Waals surface area contributed by atoms with Crippen LogP contribution < -0.4 is 16.0 Å². The van der Waals surface area contributed by atoms with Gasteiger partial charge >= 0.3 is 12.2 Å². The molecule has 5 N–H and O–H groups in total. The Bertz CT molecular complexity index is 2380. The first-order chi connectivity index (χ1) is 29.0. The number of nitrogens with zero attached hydrogens (tertiary/aromatic N) is 2. The molecule has 7 atom stereocenters. The highest BCUT2D eigenvalue weighted by Gasteiger charge is 2.52. The van der Waals surface area contributed by atoms with Crippen LogP contribution in [0.2, 0.25) is 0 Å². The van der Waals surface area contributed by atoms with Gasteiger partial charge in [-0.1, -0.05) is 75.2 Å². The van der Waals surface area contributed by atoms with Gasteiger partial charge in [0.25, 0.3) is 0 Å². The van der Waals surface area contributed by atoms with E-state index in [9.17, 15) is 19.2 Å². The molecule has 0 radical (unpaired) electrons. The molecule has 0 spiro atoms. The van der Waals surface area contributed by atoms with Crippen LogP contribution in [-0.2, 0) is 23.8 Å². The topological polar surface area (TPSA) is 180 Å². The average molecular weight is 818 g/mol. The summed E-state index contributed by atoms with van der Waals surface area (Å²) >= 11 is 0. The molecule has 3 aliphatic rings. The van der Waals surface area contributed by atoms with Crippen molar-refractivity contribution in [2.45, 2.75) is 95.6 Å². The number of nitrogens with one attached hydrogen (secondary N) is 5. The van der Waals surface area contributed by atoms with Gasteiger partial charge in [-0.2, -0.15) is 0 Å². The fraction of sp³-hybridized carbons (Fsp3) is 0.457. The second kappa shape index (κ2) is 17.0. The lowest BCUT2D eigenvalue weighted by Crippen LogP contribution is -2.56. The maximum atomic E-state index is 14.0. The maximum absolute atomic E-state index is 14.0. The highest BCUT2D eigenvalue weighted by molar-refractivity contribution is 6.07. The third-order valence-electron chi connectivity index (χ3n) is 12.8. The highest BCUT2D eigenvalue weighted by Crippen LogP contribution is 2.50. The first-order valence-corrected chi connectivity index (χ1v) is 21.0. The van der Waals surface area contributed by atoms with E-state index in [1.165, 1.54) is 21.3 Å². The number of aromatic amines is 2. The van der Waals surface area contributed by atoms with Crippen molar-refractivity contribution >= 4 is 45.7 Å². The Kier molecular flexibility index (Phi) is 11.6. The van der Waals surface area contributed by atoms with Gasteiger partial charge in [-0.3, -0.25) is 9.59 Å². The summed E-state index contributed by atoms with van der Waals surface area (Å²) in [6, 6.07) is 19.2. The molecular formula is C46H55N7O7. The highest BCUT2D eigenvalue weighted by atomic mass is 16.5. The Morgan fingerprint density at radius 3 is 2.15 bits per heavy atom. The lowest BCUT2D eigenvalue weighted by molar-refractivity contribution is -0.141. The Morgan fingerprint density at radius 2 is 1.47 bits per heavy atom. The van der Waals surface area contributed by atoms with Crippen molar-refractivity contribution in [3.05, 3.63) is 78.4 Å². The van der Waals surface area contributed by atoms with E-state index in [0.29, 0.717) is 5.92 Å². The number of hydrogen-bond donors (Lipinski definition) is 5. The van der Waals surface area contributed by atoms with E-state index in [1.54, 1.807) is 6.92 Å². The second-order valence-corrected chi connectivity index (χ2v) is 17.0. The summed E-state index contributed by atoms with van der Waals surface area (Å²) in [6.07, 6.45) is 5.91. The van der Waals surface area contributed by atoms with Crippen LogP contribution in [0.15, 0.2) is 66.9 Å². The summed E-state index contributed by atoms with van der Waals surface area (Å²) in [4.78, 5) is 65.6. The quantitative estimate of drug-likeness (QED) is 0.0763. The molecule has 316 valence electrons. The zero-order chi connectivity index (χ0) is 42.2. The predicted octanol–water partition coefficient (Wildman–Crippen LogP) is 7.53. The summed E-state index contributed by atoms with van der Waals surface area (Å²) < 4.78 is 15.1. The van der Waals surface area contributed by atoms with Gasteiger partial charge in [0.1, 0.15) is 17.9 Å². The number of ether oxygens (including phenoxy) is 3. The molecule has 3 aromatic carbocycles. The van der Waals surface area contributed by atoms with Crippen LogP contribution in [0.25, 0.3) is 44.1 Å². The minimum Gasteiger partial charge on any atom is -0.453 e. The van der Waals surface area contributed by atoms with Gasteiger partial charge in [-0.05, 0) is 84.6 Å². The van der Waals surface area contributed by atoms with E-state index in [2.05, 4.69) is 86.6 Å². The third-order valence-corrected chi connectivity index (χ3v) is 12.8. The number of imidazole rings is 1. The van der Waals surface area contributed by atoms with Gasteiger partial charge in [0, 0.05) is 29.6 Å². The Labute approximate surface area is 349 Å². The first-order valence-electron chi connectivity index (χ1n) is 21.0. The number of likely N-dealkylation sites (tertiary alicyclic amines) is 1. The summed E-state index contributed by atoms with van der Waals surface area (Å²) in [5.41, 5.74) is 5.95. The number of fused-ring (bicyclic) bond motifs is 5. The zero-order valence-electron chi connectivity index (χ0n) is 35.0. The van der Waals surface area contributed by atoms with E-state index in [4.69, 9.17) is 19.2 Å². The van der Waals surface area contributed by atoms with E-state index < -0.39 is 30.4 Å². The van der Waals surface area contributed by atoms with Crippen LogP contribution in [0, 0.1) is 17.8 Å². The number of rotatable bonds is 14. The largest absolute Gasteiger partial charge is 0.453 e. The molecule has 1 aliphatic heterocycles. The Hall–Kier alpha value is -5.89. The molecule has 1 saturated heterocycles. The third kappa shape index (κ3) is 8.17. The minimum atomic E-state index is -0.890. The van der Waals surface area contributed by atoms with Crippen molar-refractivity contribution in [1.82, 2.24) is 35.8 Å². The molecule has 14 heteroatoms. The summed E-state index contributed by atoms with van der Waals surface area (Å²) in [5.74, 6) is 1.01. The standard InChI is InChI=1S/C46H55N7O7/c1-24(2)38(51-45(56)59-5)43(54)50-35(19-26-7-8-26)36-22-31-14-13-30-20-29(16-18-34(30)40(31)48-36)27-9-11-28(12-10-27)37-23-47-42(49-37)41-32-15-17-33(21-32)53(41)44(55)39(25(3)58-4)52-46(57)60-6/h9-14,16,18,20,22-26,32-33,35,38-39,41,48H,7-8,15,17,19,21H2,1-6H3,(H,47,49)(H,50,54)(H,51,56)(H,52,57)/t25-,32+,33-,35+,38+,39+,41+/m1/s1. The molecule has 3 fully saturated rings. The molecule has 5 aromatic rings. The van der Waals surface area contributed by atoms with Gasteiger partial charge in [0.15, 0.2) is 0 Å². The normalized spacial score (nSPS) is 20.5. The van der Waals surface area contributed by atoms with Crippen LogP contribution in [0.3, 0.4) is 0 Å². The number of carbonyl (C=O) groups excluding carboxylic acids is 4. The summed E-state index contributed by atoms with van der Waals surface area (Å²) in [6.45, 7) is 5.56. The molecule has 0 unspecified atom stereocenters. The number of methoxy groups -OCH3 is 3. The molecule has 2 bridgehead atoms. The number of piperidine rings is 1. The van der Waals surface area contributed by atoms with Crippen LogP contribution in [0.4, 0.5) is 9.59 Å². The molecular weight excluding hydrogens is 763 g/mol. The van der Waals surface area contributed by atoms with Crippen LogP contribution in [0.5, 0.6) is 0 Å².